The van der Waals surface area contributed by atoms with Crippen LogP contribution in [0.2, 0.25) is 0 Å². The quantitative estimate of drug-likeness (QED) is 0.526. The van der Waals surface area contributed by atoms with E-state index in [4.69, 9.17) is 9.47 Å². The monoisotopic (exact) mass is 350 g/mol. The van der Waals surface area contributed by atoms with Gasteiger partial charge in [0.1, 0.15) is 11.5 Å². The molecule has 0 aliphatic rings. The van der Waals surface area contributed by atoms with Gasteiger partial charge in [-0.3, -0.25) is 14.4 Å². The van der Waals surface area contributed by atoms with E-state index in [2.05, 4.69) is 0 Å². The summed E-state index contributed by atoms with van der Waals surface area (Å²) in [6.45, 7) is 3.35. The minimum absolute atomic E-state index is 0.0969. The number of carbonyl (C=O) groups excluding carboxylic acids is 2. The Kier molecular flexibility index (Phi) is 4.98. The van der Waals surface area contributed by atoms with E-state index in [0.29, 0.717) is 10.8 Å². The first-order chi connectivity index (χ1) is 12.5. The lowest BCUT2D eigenvalue weighted by Gasteiger charge is -2.09. The van der Waals surface area contributed by atoms with Crippen molar-refractivity contribution in [2.24, 2.45) is 0 Å². The summed E-state index contributed by atoms with van der Waals surface area (Å²) >= 11 is 0. The summed E-state index contributed by atoms with van der Waals surface area (Å²) in [5, 5.41) is 2.11. The molecule has 0 aliphatic carbocycles. The SMILES string of the molecule is CCC(=O)Oc1cc(OC(=O)CC)c2c(=O)c3ccccc3ccc2c1. The molecule has 5 heteroatoms. The van der Waals surface area contributed by atoms with E-state index in [-0.39, 0.29) is 35.2 Å². The largest absolute Gasteiger partial charge is 0.426 e. The summed E-state index contributed by atoms with van der Waals surface area (Å²) in [7, 11) is 0. The number of benzene rings is 2. The maximum atomic E-state index is 13.1. The van der Waals surface area contributed by atoms with Crippen molar-refractivity contribution in [3.05, 3.63) is 58.8 Å². The molecule has 0 N–H and O–H groups in total. The van der Waals surface area contributed by atoms with Gasteiger partial charge in [0.2, 0.25) is 0 Å². The Hall–Kier alpha value is -3.21. The molecule has 26 heavy (non-hydrogen) atoms. The third-order valence-electron chi connectivity index (χ3n) is 4.01. The zero-order valence-electron chi connectivity index (χ0n) is 14.6. The Labute approximate surface area is 150 Å². The topological polar surface area (TPSA) is 69.7 Å². The van der Waals surface area contributed by atoms with E-state index < -0.39 is 11.9 Å². The van der Waals surface area contributed by atoms with Crippen molar-refractivity contribution in [2.45, 2.75) is 26.7 Å². The van der Waals surface area contributed by atoms with Gasteiger partial charge < -0.3 is 9.47 Å². The molecule has 132 valence electrons. The highest BCUT2D eigenvalue weighted by molar-refractivity contribution is 5.98. The maximum Gasteiger partial charge on any atom is 0.310 e. The Balaban J connectivity index is 2.35. The molecule has 0 fully saturated rings. The molecule has 0 spiro atoms. The number of hydrogen-bond acceptors (Lipinski definition) is 5. The lowest BCUT2D eigenvalue weighted by molar-refractivity contribution is -0.134. The second kappa shape index (κ2) is 7.35. The molecule has 5 nitrogen and oxygen atoms in total. The number of carbonyl (C=O) groups is 2. The molecule has 3 aromatic carbocycles. The Morgan fingerprint density at radius 2 is 1.50 bits per heavy atom. The molecule has 0 aliphatic heterocycles. The molecule has 0 saturated carbocycles. The molecule has 0 amide bonds. The summed E-state index contributed by atoms with van der Waals surface area (Å²) in [6, 6.07) is 13.8. The highest BCUT2D eigenvalue weighted by Crippen LogP contribution is 2.30. The lowest BCUT2D eigenvalue weighted by Crippen LogP contribution is -2.10. The van der Waals surface area contributed by atoms with Crippen molar-refractivity contribution in [1.29, 1.82) is 0 Å². The summed E-state index contributed by atoms with van der Waals surface area (Å²) in [6.07, 6.45) is 0.371. The summed E-state index contributed by atoms with van der Waals surface area (Å²) in [4.78, 5) is 36.5. The van der Waals surface area contributed by atoms with Gasteiger partial charge in [-0.05, 0) is 16.8 Å². The minimum atomic E-state index is -0.472. The van der Waals surface area contributed by atoms with Gasteiger partial charge in [-0.25, -0.2) is 0 Å². The number of ether oxygens (including phenoxy) is 2. The first-order valence-electron chi connectivity index (χ1n) is 8.44. The third kappa shape index (κ3) is 3.42. The van der Waals surface area contributed by atoms with Crippen molar-refractivity contribution in [3.8, 4) is 11.5 Å². The van der Waals surface area contributed by atoms with Crippen LogP contribution in [0.1, 0.15) is 26.7 Å². The average Bonchev–Trinajstić information content (AvgIpc) is 2.79. The van der Waals surface area contributed by atoms with Crippen LogP contribution in [0.25, 0.3) is 21.5 Å². The molecule has 0 aromatic heterocycles. The van der Waals surface area contributed by atoms with Gasteiger partial charge in [0.05, 0.1) is 5.39 Å². The van der Waals surface area contributed by atoms with Crippen LogP contribution in [0.5, 0.6) is 11.5 Å². The van der Waals surface area contributed by atoms with Gasteiger partial charge in [-0.15, -0.1) is 0 Å². The van der Waals surface area contributed by atoms with Crippen LogP contribution in [0.15, 0.2) is 53.3 Å². The summed E-state index contributed by atoms with van der Waals surface area (Å²) in [5.41, 5.74) is -0.243. The van der Waals surface area contributed by atoms with Crippen molar-refractivity contribution in [1.82, 2.24) is 0 Å². The van der Waals surface area contributed by atoms with Gasteiger partial charge >= 0.3 is 11.9 Å². The third-order valence-corrected chi connectivity index (χ3v) is 4.01. The number of hydrogen-bond donors (Lipinski definition) is 0. The Morgan fingerprint density at radius 3 is 2.23 bits per heavy atom. The fourth-order valence-corrected chi connectivity index (χ4v) is 2.69. The lowest BCUT2D eigenvalue weighted by atomic mass is 10.1. The smallest absolute Gasteiger partial charge is 0.310 e. The number of rotatable bonds is 4. The second-order valence-electron chi connectivity index (χ2n) is 5.79. The van der Waals surface area contributed by atoms with Crippen LogP contribution >= 0.6 is 0 Å². The fourth-order valence-electron chi connectivity index (χ4n) is 2.69. The van der Waals surface area contributed by atoms with Crippen molar-refractivity contribution >= 4 is 33.5 Å². The number of esters is 2. The second-order valence-corrected chi connectivity index (χ2v) is 5.79. The van der Waals surface area contributed by atoms with Gasteiger partial charge in [-0.2, -0.15) is 0 Å². The van der Waals surface area contributed by atoms with E-state index in [1.807, 2.05) is 18.2 Å². The van der Waals surface area contributed by atoms with Crippen LogP contribution in [0.4, 0.5) is 0 Å². The van der Waals surface area contributed by atoms with Gasteiger partial charge in [0, 0.05) is 24.3 Å². The molecule has 0 bridgehead atoms. The van der Waals surface area contributed by atoms with E-state index in [1.54, 1.807) is 38.1 Å². The van der Waals surface area contributed by atoms with Gasteiger partial charge in [0.15, 0.2) is 5.43 Å². The van der Waals surface area contributed by atoms with E-state index in [0.717, 1.165) is 5.39 Å². The predicted octanol–water partition coefficient (Wildman–Crippen LogP) is 3.98. The average molecular weight is 350 g/mol. The first-order valence-corrected chi connectivity index (χ1v) is 8.44. The van der Waals surface area contributed by atoms with Crippen LogP contribution in [-0.2, 0) is 9.59 Å². The van der Waals surface area contributed by atoms with Gasteiger partial charge in [-0.1, -0.05) is 50.2 Å². The van der Waals surface area contributed by atoms with E-state index in [9.17, 15) is 14.4 Å². The zero-order chi connectivity index (χ0) is 18.7. The molecule has 0 heterocycles. The van der Waals surface area contributed by atoms with Crippen LogP contribution in [0.3, 0.4) is 0 Å². The van der Waals surface area contributed by atoms with Crippen LogP contribution < -0.4 is 14.9 Å². The molecule has 0 unspecified atom stereocenters. The number of fused-ring (bicyclic) bond motifs is 2. The fraction of sp³-hybridized carbons (Fsp3) is 0.190. The molecule has 0 saturated heterocycles. The van der Waals surface area contributed by atoms with Crippen LogP contribution in [-0.4, -0.2) is 11.9 Å². The first kappa shape index (κ1) is 17.6. The molecular weight excluding hydrogens is 332 g/mol. The van der Waals surface area contributed by atoms with Crippen molar-refractivity contribution in [2.75, 3.05) is 0 Å². The molecule has 0 radical (unpaired) electrons. The predicted molar refractivity (Wildman–Crippen MR) is 99.6 cm³/mol. The minimum Gasteiger partial charge on any atom is -0.426 e. The van der Waals surface area contributed by atoms with E-state index in [1.165, 1.54) is 6.07 Å². The maximum absolute atomic E-state index is 13.1. The molecule has 3 aromatic rings. The van der Waals surface area contributed by atoms with Gasteiger partial charge in [0.25, 0.3) is 0 Å². The highest BCUT2D eigenvalue weighted by atomic mass is 16.5. The van der Waals surface area contributed by atoms with E-state index >= 15 is 0 Å². The summed E-state index contributed by atoms with van der Waals surface area (Å²) in [5.74, 6) is -0.553. The van der Waals surface area contributed by atoms with Crippen molar-refractivity contribution in [3.63, 3.8) is 0 Å². The van der Waals surface area contributed by atoms with Crippen LogP contribution in [0, 0.1) is 0 Å². The Morgan fingerprint density at radius 1 is 0.846 bits per heavy atom. The highest BCUT2D eigenvalue weighted by Gasteiger charge is 2.15. The molecule has 3 rings (SSSR count). The Bertz CT molecular complexity index is 1070. The van der Waals surface area contributed by atoms with Crippen molar-refractivity contribution < 1.29 is 19.1 Å². The standard InChI is InChI=1S/C21H18O5/c1-3-18(22)25-15-11-14-10-9-13-7-5-6-8-16(13)21(24)20(14)17(12-15)26-19(23)4-2/h5-12H,3-4H2,1-2H3. The molecule has 0 atom stereocenters. The normalized spacial score (nSPS) is 10.7. The molecular formula is C21H18O5. The summed E-state index contributed by atoms with van der Waals surface area (Å²) < 4.78 is 10.6. The zero-order valence-corrected chi connectivity index (χ0v) is 14.6.